The number of urea groups is 1. The van der Waals surface area contributed by atoms with Crippen LogP contribution in [0.2, 0.25) is 0 Å². The van der Waals surface area contributed by atoms with E-state index in [2.05, 4.69) is 15.6 Å². The van der Waals surface area contributed by atoms with E-state index < -0.39 is 0 Å². The topological polar surface area (TPSA) is 53.5 Å². The average Bonchev–Trinajstić information content (AvgIpc) is 2.81. The molecule has 0 spiro atoms. The fraction of sp³-hybridized carbons (Fsp3) is 0.636. The number of allylic oxidation sites excluding steroid dienone is 1. The Hall–Kier alpha value is -0.970. The van der Waals surface area contributed by atoms with Gasteiger partial charge in [-0.15, -0.1) is 0 Å². The number of thioether (sulfide) groups is 1. The van der Waals surface area contributed by atoms with Gasteiger partial charge in [0.2, 0.25) is 0 Å². The van der Waals surface area contributed by atoms with Crippen LogP contribution in [0.25, 0.3) is 0 Å². The highest BCUT2D eigenvalue weighted by Crippen LogP contribution is 2.21. The van der Waals surface area contributed by atoms with Crippen LogP contribution in [0, 0.1) is 0 Å². The van der Waals surface area contributed by atoms with Gasteiger partial charge in [0.25, 0.3) is 0 Å². The van der Waals surface area contributed by atoms with Gasteiger partial charge in [-0.1, -0.05) is 23.8 Å². The maximum Gasteiger partial charge on any atom is 0.324 e. The Labute approximate surface area is 100.0 Å². The molecular formula is C11H17N3OS. The highest BCUT2D eigenvalue weighted by atomic mass is 32.2. The van der Waals surface area contributed by atoms with Gasteiger partial charge in [0, 0.05) is 12.0 Å². The molecule has 1 aliphatic heterocycles. The molecule has 2 amide bonds. The number of rotatable bonds is 1. The van der Waals surface area contributed by atoms with E-state index >= 15 is 0 Å². The Balaban J connectivity index is 1.74. The maximum absolute atomic E-state index is 11.5. The lowest BCUT2D eigenvalue weighted by molar-refractivity contribution is 0.248. The molecule has 0 aromatic heterocycles. The molecule has 2 aliphatic rings. The van der Waals surface area contributed by atoms with Crippen molar-refractivity contribution in [2.24, 2.45) is 4.99 Å². The van der Waals surface area contributed by atoms with E-state index in [1.807, 2.05) is 6.20 Å². The van der Waals surface area contributed by atoms with Crippen LogP contribution < -0.4 is 10.6 Å². The fourth-order valence-electron chi connectivity index (χ4n) is 1.86. The molecule has 0 saturated heterocycles. The zero-order valence-corrected chi connectivity index (χ0v) is 10.1. The van der Waals surface area contributed by atoms with Crippen molar-refractivity contribution in [3.63, 3.8) is 0 Å². The van der Waals surface area contributed by atoms with E-state index in [-0.39, 0.29) is 6.03 Å². The third-order valence-corrected chi connectivity index (χ3v) is 3.60. The fourth-order valence-corrected chi connectivity index (χ4v) is 2.59. The third-order valence-electron chi connectivity index (χ3n) is 2.71. The molecule has 0 atom stereocenters. The number of amides is 2. The van der Waals surface area contributed by atoms with Crippen molar-refractivity contribution >= 4 is 23.0 Å². The number of nitrogens with zero attached hydrogens (tertiary/aromatic N) is 1. The van der Waals surface area contributed by atoms with Crippen molar-refractivity contribution in [1.29, 1.82) is 0 Å². The highest BCUT2D eigenvalue weighted by molar-refractivity contribution is 8.14. The largest absolute Gasteiger partial charge is 0.324 e. The molecule has 1 saturated carbocycles. The molecule has 4 nitrogen and oxygen atoms in total. The first-order valence-corrected chi connectivity index (χ1v) is 6.76. The van der Waals surface area contributed by atoms with Crippen LogP contribution >= 0.6 is 11.8 Å². The standard InChI is InChI=1S/C11H17N3OS/c15-10(14-11-12-6-7-16-11)13-8-9-4-2-1-3-5-9/h8H,1-7H2,(H2,12,13,14,15). The smallest absolute Gasteiger partial charge is 0.314 e. The molecule has 2 rings (SSSR count). The molecule has 0 unspecified atom stereocenters. The second-order valence-electron chi connectivity index (χ2n) is 4.00. The van der Waals surface area contributed by atoms with Crippen LogP contribution in [0.4, 0.5) is 4.79 Å². The van der Waals surface area contributed by atoms with Crippen molar-refractivity contribution in [3.8, 4) is 0 Å². The SMILES string of the molecule is O=C(NC=C1CCCCC1)NC1=NCCS1. The van der Waals surface area contributed by atoms with Crippen LogP contribution in [0.15, 0.2) is 16.8 Å². The lowest BCUT2D eigenvalue weighted by Gasteiger charge is -2.13. The Bertz CT molecular complexity index is 317. The van der Waals surface area contributed by atoms with Crippen molar-refractivity contribution in [2.45, 2.75) is 32.1 Å². The van der Waals surface area contributed by atoms with Crippen molar-refractivity contribution in [1.82, 2.24) is 10.6 Å². The summed E-state index contributed by atoms with van der Waals surface area (Å²) in [4.78, 5) is 15.6. The van der Waals surface area contributed by atoms with Gasteiger partial charge in [0.15, 0.2) is 5.17 Å². The lowest BCUT2D eigenvalue weighted by atomic mass is 9.96. The molecule has 88 valence electrons. The molecule has 1 aliphatic carbocycles. The number of carbonyl (C=O) groups excluding carboxylic acids is 1. The first kappa shape index (κ1) is 11.5. The predicted molar refractivity (Wildman–Crippen MR) is 67.6 cm³/mol. The van der Waals surface area contributed by atoms with Gasteiger partial charge < -0.3 is 5.32 Å². The molecule has 0 radical (unpaired) electrons. The number of carbonyl (C=O) groups is 1. The van der Waals surface area contributed by atoms with E-state index in [0.717, 1.165) is 30.3 Å². The van der Waals surface area contributed by atoms with Crippen LogP contribution in [0.5, 0.6) is 0 Å². The summed E-state index contributed by atoms with van der Waals surface area (Å²) in [6.07, 6.45) is 7.91. The summed E-state index contributed by atoms with van der Waals surface area (Å²) < 4.78 is 0. The summed E-state index contributed by atoms with van der Waals surface area (Å²) in [5.74, 6) is 0.969. The second kappa shape index (κ2) is 5.94. The van der Waals surface area contributed by atoms with Crippen molar-refractivity contribution in [3.05, 3.63) is 11.8 Å². The minimum Gasteiger partial charge on any atom is -0.314 e. The van der Waals surface area contributed by atoms with Crippen LogP contribution in [-0.4, -0.2) is 23.5 Å². The summed E-state index contributed by atoms with van der Waals surface area (Å²) in [6.45, 7) is 0.807. The van der Waals surface area contributed by atoms with E-state index in [4.69, 9.17) is 0 Å². The highest BCUT2D eigenvalue weighted by Gasteiger charge is 2.10. The monoisotopic (exact) mass is 239 g/mol. The number of hydrogen-bond donors (Lipinski definition) is 2. The van der Waals surface area contributed by atoms with E-state index in [1.54, 1.807) is 11.8 Å². The van der Waals surface area contributed by atoms with E-state index in [9.17, 15) is 4.79 Å². The predicted octanol–water partition coefficient (Wildman–Crippen LogP) is 2.24. The first-order valence-electron chi connectivity index (χ1n) is 5.77. The Morgan fingerprint density at radius 1 is 1.31 bits per heavy atom. The molecule has 0 bridgehead atoms. The maximum atomic E-state index is 11.5. The summed E-state index contributed by atoms with van der Waals surface area (Å²) >= 11 is 1.59. The second-order valence-corrected chi connectivity index (χ2v) is 5.08. The first-order chi connectivity index (χ1) is 7.84. The summed E-state index contributed by atoms with van der Waals surface area (Å²) in [5.41, 5.74) is 1.35. The van der Waals surface area contributed by atoms with E-state index in [1.165, 1.54) is 24.8 Å². The molecule has 16 heavy (non-hydrogen) atoms. The molecule has 0 aromatic rings. The van der Waals surface area contributed by atoms with Crippen molar-refractivity contribution < 1.29 is 4.79 Å². The molecular weight excluding hydrogens is 222 g/mol. The lowest BCUT2D eigenvalue weighted by Crippen LogP contribution is -2.35. The number of hydrogen-bond acceptors (Lipinski definition) is 3. The van der Waals surface area contributed by atoms with Crippen LogP contribution in [0.1, 0.15) is 32.1 Å². The van der Waals surface area contributed by atoms with Gasteiger partial charge in [-0.25, -0.2) is 4.79 Å². The normalized spacial score (nSPS) is 20.2. The van der Waals surface area contributed by atoms with Gasteiger partial charge in [-0.3, -0.25) is 10.3 Å². The zero-order chi connectivity index (χ0) is 11.2. The zero-order valence-electron chi connectivity index (χ0n) is 9.29. The number of nitrogens with one attached hydrogen (secondary N) is 2. The average molecular weight is 239 g/mol. The summed E-state index contributed by atoms with van der Waals surface area (Å²) in [7, 11) is 0. The molecule has 1 fully saturated rings. The summed E-state index contributed by atoms with van der Waals surface area (Å²) in [6, 6.07) is -0.175. The number of aliphatic imine (C=N–C) groups is 1. The molecule has 5 heteroatoms. The molecule has 0 aromatic carbocycles. The minimum atomic E-state index is -0.175. The van der Waals surface area contributed by atoms with Gasteiger partial charge in [0.1, 0.15) is 0 Å². The quantitative estimate of drug-likeness (QED) is 0.737. The Kier molecular flexibility index (Phi) is 4.27. The number of amidine groups is 1. The third kappa shape index (κ3) is 3.56. The van der Waals surface area contributed by atoms with Gasteiger partial charge in [-0.2, -0.15) is 0 Å². The Morgan fingerprint density at radius 2 is 2.12 bits per heavy atom. The van der Waals surface area contributed by atoms with E-state index in [0.29, 0.717) is 0 Å². The minimum absolute atomic E-state index is 0.175. The van der Waals surface area contributed by atoms with Crippen LogP contribution in [0.3, 0.4) is 0 Å². The van der Waals surface area contributed by atoms with Crippen molar-refractivity contribution in [2.75, 3.05) is 12.3 Å². The molecule has 2 N–H and O–H groups in total. The molecule has 1 heterocycles. The van der Waals surface area contributed by atoms with Crippen LogP contribution in [-0.2, 0) is 0 Å². The van der Waals surface area contributed by atoms with Gasteiger partial charge in [0.05, 0.1) is 6.54 Å². The van der Waals surface area contributed by atoms with Gasteiger partial charge in [-0.05, 0) is 25.7 Å². The Morgan fingerprint density at radius 3 is 2.81 bits per heavy atom. The summed E-state index contributed by atoms with van der Waals surface area (Å²) in [5, 5.41) is 6.25. The van der Waals surface area contributed by atoms with Gasteiger partial charge >= 0.3 is 6.03 Å².